The van der Waals surface area contributed by atoms with E-state index in [1.165, 1.54) is 11.3 Å². The summed E-state index contributed by atoms with van der Waals surface area (Å²) in [6, 6.07) is 23.0. The van der Waals surface area contributed by atoms with Crippen LogP contribution in [0.25, 0.3) is 11.3 Å². The molecule has 6 rings (SSSR count). The lowest BCUT2D eigenvalue weighted by atomic mass is 9.98. The van der Waals surface area contributed by atoms with Gasteiger partial charge in [0.05, 0.1) is 36.6 Å². The highest BCUT2D eigenvalue weighted by Gasteiger charge is 2.32. The fraction of sp³-hybridized carbons (Fsp3) is 0.267. The van der Waals surface area contributed by atoms with Crippen LogP contribution in [0.15, 0.2) is 88.2 Å². The number of hydrazone groups is 1. The zero-order valence-corrected chi connectivity index (χ0v) is 24.0. The predicted octanol–water partition coefficient (Wildman–Crippen LogP) is 5.97. The Balaban J connectivity index is 1.30. The second-order valence-corrected chi connectivity index (χ2v) is 12.5. The number of sulfonamides is 1. The SMILES string of the molecule is COc1ccc(C2=NN(c3nc(-c4ccc(S(=O)(=O)N5CCCC5)cc4)cs3)C(c3ccc(OC)cc3)C2)cc1. The van der Waals surface area contributed by atoms with E-state index in [9.17, 15) is 8.42 Å². The van der Waals surface area contributed by atoms with Crippen molar-refractivity contribution in [2.75, 3.05) is 32.3 Å². The van der Waals surface area contributed by atoms with Crippen molar-refractivity contribution in [3.05, 3.63) is 89.3 Å². The molecular formula is C30H30N4O4S2. The van der Waals surface area contributed by atoms with Gasteiger partial charge < -0.3 is 9.47 Å². The Morgan fingerprint density at radius 2 is 1.43 bits per heavy atom. The van der Waals surface area contributed by atoms with Crippen LogP contribution in [0.2, 0.25) is 0 Å². The van der Waals surface area contributed by atoms with Crippen molar-refractivity contribution in [2.45, 2.75) is 30.2 Å². The van der Waals surface area contributed by atoms with E-state index in [0.29, 0.717) is 18.0 Å². The van der Waals surface area contributed by atoms with Crippen LogP contribution in [0.4, 0.5) is 5.13 Å². The van der Waals surface area contributed by atoms with Gasteiger partial charge in [-0.15, -0.1) is 11.3 Å². The van der Waals surface area contributed by atoms with E-state index in [1.807, 2.05) is 58.9 Å². The molecule has 0 N–H and O–H groups in total. The van der Waals surface area contributed by atoms with Gasteiger partial charge >= 0.3 is 0 Å². The number of nitrogens with zero attached hydrogens (tertiary/aromatic N) is 4. The van der Waals surface area contributed by atoms with Gasteiger partial charge in [-0.3, -0.25) is 0 Å². The number of hydrogen-bond donors (Lipinski definition) is 0. The molecule has 40 heavy (non-hydrogen) atoms. The number of hydrogen-bond acceptors (Lipinski definition) is 8. The molecule has 0 amide bonds. The largest absolute Gasteiger partial charge is 0.497 e. The van der Waals surface area contributed by atoms with Crippen LogP contribution in [0, 0.1) is 0 Å². The zero-order chi connectivity index (χ0) is 27.7. The minimum absolute atomic E-state index is 0.0324. The molecule has 3 heterocycles. The lowest BCUT2D eigenvalue weighted by Gasteiger charge is -2.21. The lowest BCUT2D eigenvalue weighted by molar-refractivity contribution is 0.414. The molecule has 0 radical (unpaired) electrons. The Hall–Kier alpha value is -3.73. The fourth-order valence-electron chi connectivity index (χ4n) is 5.11. The summed E-state index contributed by atoms with van der Waals surface area (Å²) in [5, 5.41) is 9.77. The average Bonchev–Trinajstić information content (AvgIpc) is 3.79. The van der Waals surface area contributed by atoms with E-state index in [-0.39, 0.29) is 6.04 Å². The number of anilines is 1. The van der Waals surface area contributed by atoms with Crippen molar-refractivity contribution in [2.24, 2.45) is 5.10 Å². The number of methoxy groups -OCH3 is 2. The van der Waals surface area contributed by atoms with Crippen molar-refractivity contribution in [3.8, 4) is 22.8 Å². The molecule has 10 heteroatoms. The third-order valence-electron chi connectivity index (χ3n) is 7.38. The Bertz CT molecular complexity index is 1610. The van der Waals surface area contributed by atoms with Gasteiger partial charge in [0.1, 0.15) is 11.5 Å². The number of aromatic nitrogens is 1. The highest BCUT2D eigenvalue weighted by Crippen LogP contribution is 2.40. The van der Waals surface area contributed by atoms with Crippen LogP contribution in [0.3, 0.4) is 0 Å². The van der Waals surface area contributed by atoms with E-state index in [4.69, 9.17) is 19.6 Å². The minimum atomic E-state index is -3.45. The fourth-order valence-corrected chi connectivity index (χ4v) is 7.46. The van der Waals surface area contributed by atoms with E-state index in [1.54, 1.807) is 30.7 Å². The maximum absolute atomic E-state index is 12.9. The molecule has 0 aliphatic carbocycles. The molecule has 206 valence electrons. The molecule has 3 aromatic carbocycles. The number of ether oxygens (including phenoxy) is 2. The summed E-state index contributed by atoms with van der Waals surface area (Å²) in [5.41, 5.74) is 4.76. The molecule has 2 aliphatic heterocycles. The van der Waals surface area contributed by atoms with Crippen LogP contribution in [-0.4, -0.2) is 50.7 Å². The number of rotatable bonds is 8. The smallest absolute Gasteiger partial charge is 0.243 e. The molecule has 0 bridgehead atoms. The minimum Gasteiger partial charge on any atom is -0.497 e. The highest BCUT2D eigenvalue weighted by atomic mass is 32.2. The van der Waals surface area contributed by atoms with Crippen LogP contribution < -0.4 is 14.5 Å². The van der Waals surface area contributed by atoms with E-state index < -0.39 is 10.0 Å². The van der Waals surface area contributed by atoms with Crippen molar-refractivity contribution in [1.82, 2.24) is 9.29 Å². The maximum atomic E-state index is 12.9. The third kappa shape index (κ3) is 5.10. The zero-order valence-electron chi connectivity index (χ0n) is 22.4. The first-order chi connectivity index (χ1) is 19.5. The topological polar surface area (TPSA) is 84.3 Å². The van der Waals surface area contributed by atoms with Gasteiger partial charge in [0.2, 0.25) is 15.2 Å². The molecule has 2 aliphatic rings. The monoisotopic (exact) mass is 574 g/mol. The van der Waals surface area contributed by atoms with Crippen molar-refractivity contribution in [1.29, 1.82) is 0 Å². The molecule has 8 nitrogen and oxygen atoms in total. The normalized spacial score (nSPS) is 17.7. The van der Waals surface area contributed by atoms with Gasteiger partial charge in [-0.25, -0.2) is 18.4 Å². The summed E-state index contributed by atoms with van der Waals surface area (Å²) in [5.74, 6) is 1.60. The van der Waals surface area contributed by atoms with E-state index in [2.05, 4.69) is 12.1 Å². The molecule has 0 saturated carbocycles. The van der Waals surface area contributed by atoms with Crippen molar-refractivity contribution < 1.29 is 17.9 Å². The summed E-state index contributed by atoms with van der Waals surface area (Å²) < 4.78 is 38.1. The summed E-state index contributed by atoms with van der Waals surface area (Å²) in [6.45, 7) is 1.17. The summed E-state index contributed by atoms with van der Waals surface area (Å²) in [4.78, 5) is 5.25. The second kappa shape index (κ2) is 11.0. The quantitative estimate of drug-likeness (QED) is 0.258. The first-order valence-electron chi connectivity index (χ1n) is 13.2. The van der Waals surface area contributed by atoms with Crippen molar-refractivity contribution in [3.63, 3.8) is 0 Å². The van der Waals surface area contributed by atoms with E-state index >= 15 is 0 Å². The van der Waals surface area contributed by atoms with Gasteiger partial charge in [0.15, 0.2) is 0 Å². The molecule has 0 spiro atoms. The Morgan fingerprint density at radius 1 is 0.825 bits per heavy atom. The van der Waals surface area contributed by atoms with Crippen LogP contribution in [-0.2, 0) is 10.0 Å². The van der Waals surface area contributed by atoms with Crippen LogP contribution >= 0.6 is 11.3 Å². The standard InChI is InChI=1S/C30H30N4O4S2/c1-37-24-11-5-21(6-12-24)27-19-29(23-7-13-25(38-2)14-8-23)34(32-27)30-31-28(20-39-30)22-9-15-26(16-10-22)40(35,36)33-17-3-4-18-33/h5-16,20,29H,3-4,17-19H2,1-2H3. The van der Waals surface area contributed by atoms with Gasteiger partial charge in [-0.05, 0) is 72.5 Å². The molecule has 1 aromatic heterocycles. The summed E-state index contributed by atoms with van der Waals surface area (Å²) >= 11 is 1.52. The Morgan fingerprint density at radius 3 is 2.05 bits per heavy atom. The molecular weight excluding hydrogens is 544 g/mol. The summed E-state index contributed by atoms with van der Waals surface area (Å²) in [6.07, 6.45) is 2.54. The van der Waals surface area contributed by atoms with Gasteiger partial charge in [0.25, 0.3) is 0 Å². The molecule has 1 unspecified atom stereocenters. The lowest BCUT2D eigenvalue weighted by Crippen LogP contribution is -2.27. The maximum Gasteiger partial charge on any atom is 0.243 e. The molecule has 1 atom stereocenters. The number of benzene rings is 3. The van der Waals surface area contributed by atoms with Gasteiger partial charge in [-0.2, -0.15) is 9.41 Å². The number of thiazole rings is 1. The van der Waals surface area contributed by atoms with Gasteiger partial charge in [-0.1, -0.05) is 24.3 Å². The molecule has 1 fully saturated rings. The third-order valence-corrected chi connectivity index (χ3v) is 10.1. The Kier molecular flexibility index (Phi) is 7.31. The van der Waals surface area contributed by atoms with Crippen LogP contribution in [0.1, 0.15) is 36.4 Å². The Labute approximate surface area is 238 Å². The molecule has 1 saturated heterocycles. The predicted molar refractivity (Wildman–Crippen MR) is 158 cm³/mol. The average molecular weight is 575 g/mol. The summed E-state index contributed by atoms with van der Waals surface area (Å²) in [7, 11) is -0.136. The first kappa shape index (κ1) is 26.5. The second-order valence-electron chi connectivity index (χ2n) is 9.76. The molecule has 4 aromatic rings. The first-order valence-corrected chi connectivity index (χ1v) is 15.5. The highest BCUT2D eigenvalue weighted by molar-refractivity contribution is 7.89. The van der Waals surface area contributed by atoms with Crippen LogP contribution in [0.5, 0.6) is 11.5 Å². The van der Waals surface area contributed by atoms with E-state index in [0.717, 1.165) is 64.0 Å². The van der Waals surface area contributed by atoms with Crippen molar-refractivity contribution >= 4 is 32.2 Å². The van der Waals surface area contributed by atoms with Gasteiger partial charge in [0, 0.05) is 30.5 Å².